The highest BCUT2D eigenvalue weighted by Gasteiger charge is 2.17. The van der Waals surface area contributed by atoms with E-state index in [0.717, 1.165) is 28.0 Å². The van der Waals surface area contributed by atoms with Crippen LogP contribution in [0.3, 0.4) is 0 Å². The third kappa shape index (κ3) is 4.49. The minimum atomic E-state index is -3.70. The van der Waals surface area contributed by atoms with Crippen LogP contribution in [0, 0.1) is 6.92 Å². The lowest BCUT2D eigenvalue weighted by molar-refractivity contribution is 0.581. The van der Waals surface area contributed by atoms with Gasteiger partial charge in [-0.2, -0.15) is 0 Å². The summed E-state index contributed by atoms with van der Waals surface area (Å²) in [5.74, 6) is 0. The van der Waals surface area contributed by atoms with E-state index >= 15 is 0 Å². The number of fused-ring (bicyclic) bond motifs is 1. The summed E-state index contributed by atoms with van der Waals surface area (Å²) in [6.45, 7) is 2.56. The van der Waals surface area contributed by atoms with E-state index in [-0.39, 0.29) is 16.3 Å². The molecule has 1 aromatic heterocycles. The number of thiazole rings is 1. The molecular formula is C22H19ClN2O3S2. The number of halogens is 1. The van der Waals surface area contributed by atoms with Crippen LogP contribution in [0.4, 0.5) is 0 Å². The van der Waals surface area contributed by atoms with Crippen molar-refractivity contribution in [3.63, 3.8) is 0 Å². The first-order valence-electron chi connectivity index (χ1n) is 9.25. The van der Waals surface area contributed by atoms with Crippen LogP contribution < -0.4 is 9.60 Å². The molecule has 0 aliphatic rings. The number of hydrogen-bond donors (Lipinski definition) is 1. The first-order chi connectivity index (χ1) is 14.3. The molecule has 4 rings (SSSR count). The van der Waals surface area contributed by atoms with Gasteiger partial charge in [0, 0.05) is 11.6 Å². The number of nitrogens with zero attached hydrogens (tertiary/aromatic N) is 1. The fraction of sp³-hybridized carbons (Fsp3) is 0.136. The molecule has 0 saturated heterocycles. The van der Waals surface area contributed by atoms with Crippen molar-refractivity contribution in [2.45, 2.75) is 24.9 Å². The Bertz CT molecular complexity index is 1370. The Labute approximate surface area is 183 Å². The maximum absolute atomic E-state index is 12.7. The molecule has 8 heteroatoms. The van der Waals surface area contributed by atoms with Gasteiger partial charge in [-0.15, -0.1) is 0 Å². The molecule has 0 atom stereocenters. The Morgan fingerprint density at radius 3 is 2.50 bits per heavy atom. The van der Waals surface area contributed by atoms with E-state index < -0.39 is 10.0 Å². The normalized spacial score (nSPS) is 11.8. The van der Waals surface area contributed by atoms with E-state index in [1.165, 1.54) is 6.07 Å². The summed E-state index contributed by atoms with van der Waals surface area (Å²) in [6, 6.07) is 19.7. The molecule has 0 spiro atoms. The standard InChI is InChI=1S/C22H19ClN2O3S2/c1-15-3-2-4-17(11-15)13-24-30(27,28)19-9-10-20-21(12-19)29-22(26)25(20)14-16-5-7-18(23)8-6-16/h2-12,24H,13-14H2,1H3. The number of benzene rings is 3. The van der Waals surface area contributed by atoms with Gasteiger partial charge < -0.3 is 0 Å². The molecule has 0 fully saturated rings. The lowest BCUT2D eigenvalue weighted by Gasteiger charge is -2.08. The highest BCUT2D eigenvalue weighted by molar-refractivity contribution is 7.89. The van der Waals surface area contributed by atoms with Gasteiger partial charge in [-0.3, -0.25) is 9.36 Å². The van der Waals surface area contributed by atoms with Crippen molar-refractivity contribution < 1.29 is 8.42 Å². The molecule has 0 unspecified atom stereocenters. The maximum atomic E-state index is 12.7. The van der Waals surface area contributed by atoms with Gasteiger partial charge in [0.15, 0.2) is 0 Å². The zero-order valence-corrected chi connectivity index (χ0v) is 18.5. The minimum Gasteiger partial charge on any atom is -0.294 e. The molecule has 0 amide bonds. The van der Waals surface area contributed by atoms with Gasteiger partial charge in [-0.1, -0.05) is 64.9 Å². The van der Waals surface area contributed by atoms with Crippen LogP contribution in [0.15, 0.2) is 76.4 Å². The lowest BCUT2D eigenvalue weighted by Crippen LogP contribution is -2.23. The SMILES string of the molecule is Cc1cccc(CNS(=O)(=O)c2ccc3c(c2)sc(=O)n3Cc2ccc(Cl)cc2)c1. The third-order valence-corrected chi connectivity index (χ3v) is 7.35. The molecule has 0 saturated carbocycles. The first-order valence-corrected chi connectivity index (χ1v) is 11.9. The Kier molecular flexibility index (Phi) is 5.79. The lowest BCUT2D eigenvalue weighted by atomic mass is 10.1. The molecule has 0 aliphatic carbocycles. The first kappa shape index (κ1) is 20.8. The topological polar surface area (TPSA) is 68.2 Å². The molecule has 154 valence electrons. The molecule has 0 radical (unpaired) electrons. The van der Waals surface area contributed by atoms with Crippen molar-refractivity contribution in [2.24, 2.45) is 0 Å². The smallest absolute Gasteiger partial charge is 0.294 e. The number of hydrogen-bond acceptors (Lipinski definition) is 4. The number of aryl methyl sites for hydroxylation is 1. The fourth-order valence-electron chi connectivity index (χ4n) is 3.22. The number of rotatable bonds is 6. The average Bonchev–Trinajstić information content (AvgIpc) is 3.03. The highest BCUT2D eigenvalue weighted by atomic mass is 35.5. The van der Waals surface area contributed by atoms with Crippen LogP contribution in [0.25, 0.3) is 10.2 Å². The summed E-state index contributed by atoms with van der Waals surface area (Å²) >= 11 is 6.96. The van der Waals surface area contributed by atoms with Gasteiger partial charge in [0.05, 0.1) is 21.7 Å². The summed E-state index contributed by atoms with van der Waals surface area (Å²) in [4.78, 5) is 12.5. The monoisotopic (exact) mass is 458 g/mol. The van der Waals surface area contributed by atoms with Crippen LogP contribution in [0.1, 0.15) is 16.7 Å². The predicted octanol–water partition coefficient (Wildman–Crippen LogP) is 4.55. The van der Waals surface area contributed by atoms with Crippen LogP contribution >= 0.6 is 22.9 Å². The van der Waals surface area contributed by atoms with Gasteiger partial charge in [-0.05, 0) is 48.4 Å². The second-order valence-corrected chi connectivity index (χ2v) is 10.2. The predicted molar refractivity (Wildman–Crippen MR) is 122 cm³/mol. The summed E-state index contributed by atoms with van der Waals surface area (Å²) in [5.41, 5.74) is 3.61. The Morgan fingerprint density at radius 1 is 1.00 bits per heavy atom. The molecule has 30 heavy (non-hydrogen) atoms. The summed E-state index contributed by atoms with van der Waals surface area (Å²) < 4.78 is 30.4. The highest BCUT2D eigenvalue weighted by Crippen LogP contribution is 2.23. The van der Waals surface area contributed by atoms with E-state index in [1.807, 2.05) is 43.3 Å². The molecule has 4 aromatic rings. The van der Waals surface area contributed by atoms with E-state index in [1.54, 1.807) is 28.8 Å². The van der Waals surface area contributed by atoms with Gasteiger partial charge in [0.2, 0.25) is 10.0 Å². The number of sulfonamides is 1. The van der Waals surface area contributed by atoms with Crippen LogP contribution in [-0.2, 0) is 23.1 Å². The van der Waals surface area contributed by atoms with Gasteiger partial charge in [0.25, 0.3) is 0 Å². The van der Waals surface area contributed by atoms with Crippen molar-refractivity contribution in [2.75, 3.05) is 0 Å². The minimum absolute atomic E-state index is 0.137. The molecule has 3 aromatic carbocycles. The molecule has 1 heterocycles. The Morgan fingerprint density at radius 2 is 1.77 bits per heavy atom. The van der Waals surface area contributed by atoms with Crippen molar-refractivity contribution in [1.82, 2.24) is 9.29 Å². The third-order valence-electron chi connectivity index (χ3n) is 4.75. The molecule has 1 N–H and O–H groups in total. The van der Waals surface area contributed by atoms with E-state index in [2.05, 4.69) is 4.72 Å². The zero-order chi connectivity index (χ0) is 21.3. The molecular weight excluding hydrogens is 440 g/mol. The van der Waals surface area contributed by atoms with E-state index in [9.17, 15) is 13.2 Å². The van der Waals surface area contributed by atoms with Gasteiger partial charge >= 0.3 is 4.87 Å². The van der Waals surface area contributed by atoms with Gasteiger partial charge in [-0.25, -0.2) is 13.1 Å². The van der Waals surface area contributed by atoms with Crippen LogP contribution in [-0.4, -0.2) is 13.0 Å². The van der Waals surface area contributed by atoms with Crippen molar-refractivity contribution >= 4 is 43.2 Å². The van der Waals surface area contributed by atoms with Crippen molar-refractivity contribution in [3.8, 4) is 0 Å². The summed E-state index contributed by atoms with van der Waals surface area (Å²) in [5, 5.41) is 0.634. The van der Waals surface area contributed by atoms with Crippen LogP contribution in [0.2, 0.25) is 5.02 Å². The summed E-state index contributed by atoms with van der Waals surface area (Å²) in [7, 11) is -3.70. The Hall–Kier alpha value is -2.45. The Balaban J connectivity index is 1.60. The second-order valence-electron chi connectivity index (χ2n) is 7.02. The maximum Gasteiger partial charge on any atom is 0.308 e. The van der Waals surface area contributed by atoms with Crippen molar-refractivity contribution in [3.05, 3.63) is 98.1 Å². The fourth-order valence-corrected chi connectivity index (χ4v) is 5.39. The van der Waals surface area contributed by atoms with Crippen molar-refractivity contribution in [1.29, 1.82) is 0 Å². The van der Waals surface area contributed by atoms with E-state index in [0.29, 0.717) is 21.8 Å². The second kappa shape index (κ2) is 8.35. The average molecular weight is 459 g/mol. The summed E-state index contributed by atoms with van der Waals surface area (Å²) in [6.07, 6.45) is 0. The molecule has 0 bridgehead atoms. The molecule has 5 nitrogen and oxygen atoms in total. The number of nitrogens with one attached hydrogen (secondary N) is 1. The molecule has 0 aliphatic heterocycles. The van der Waals surface area contributed by atoms with Gasteiger partial charge in [0.1, 0.15) is 0 Å². The largest absolute Gasteiger partial charge is 0.308 e. The van der Waals surface area contributed by atoms with Crippen LogP contribution in [0.5, 0.6) is 0 Å². The number of aromatic nitrogens is 1. The zero-order valence-electron chi connectivity index (χ0n) is 16.1. The quantitative estimate of drug-likeness (QED) is 0.460. The van der Waals surface area contributed by atoms with E-state index in [4.69, 9.17) is 11.6 Å².